The van der Waals surface area contributed by atoms with Crippen molar-refractivity contribution in [2.45, 2.75) is 51.6 Å². The molecular formula is C30H40N4O5. The summed E-state index contributed by atoms with van der Waals surface area (Å²) >= 11 is 0. The maximum absolute atomic E-state index is 13.0. The van der Waals surface area contributed by atoms with E-state index in [4.69, 9.17) is 0 Å². The van der Waals surface area contributed by atoms with Gasteiger partial charge in [0.25, 0.3) is 0 Å². The topological polar surface area (TPSA) is 108 Å². The molecule has 1 fully saturated rings. The van der Waals surface area contributed by atoms with E-state index in [1.807, 2.05) is 6.92 Å². The van der Waals surface area contributed by atoms with E-state index in [2.05, 4.69) is 69.7 Å². The number of hydrogen-bond donors (Lipinski definition) is 2. The predicted octanol–water partition coefficient (Wildman–Crippen LogP) is 2.96. The monoisotopic (exact) mass is 536 g/mol. The van der Waals surface area contributed by atoms with Gasteiger partial charge in [-0.3, -0.25) is 19.3 Å². The molecule has 2 aromatic carbocycles. The van der Waals surface area contributed by atoms with Crippen LogP contribution >= 0.6 is 0 Å². The number of benzene rings is 2. The number of likely N-dealkylation sites (tertiary alicyclic amines) is 1. The first-order valence-electron chi connectivity index (χ1n) is 13.6. The molecule has 0 aliphatic carbocycles. The summed E-state index contributed by atoms with van der Waals surface area (Å²) in [4.78, 5) is 52.9. The predicted molar refractivity (Wildman–Crippen MR) is 151 cm³/mol. The number of methoxy groups -OCH3 is 1. The molecule has 1 atom stereocenters. The molecule has 3 rings (SSSR count). The number of nitrogens with one attached hydrogen (secondary N) is 2. The van der Waals surface area contributed by atoms with Crippen LogP contribution in [0.4, 0.5) is 0 Å². The van der Waals surface area contributed by atoms with Gasteiger partial charge in [0.1, 0.15) is 0 Å². The van der Waals surface area contributed by atoms with Crippen LogP contribution < -0.4 is 10.6 Å². The van der Waals surface area contributed by atoms with Crippen LogP contribution in [0.3, 0.4) is 0 Å². The van der Waals surface area contributed by atoms with Crippen LogP contribution in [0, 0.1) is 0 Å². The van der Waals surface area contributed by atoms with E-state index in [1.54, 1.807) is 4.90 Å². The first-order valence-corrected chi connectivity index (χ1v) is 13.6. The standard InChI is InChI=1S/C30H40N4O5/c1-4-9-29(37)34(21-28(36)32-20-27(35)31-17-8-14-30(38)39-3)24-15-18-33(19-16-24)22(2)25-13-7-11-23-10-5-6-12-26(23)25/h5-8,10-14,22,24H,4,9,15-21H2,1-3H3,(H,31,35)(H,32,36)/b14-8+. The van der Waals surface area contributed by atoms with E-state index < -0.39 is 5.97 Å². The maximum Gasteiger partial charge on any atom is 0.330 e. The molecule has 1 saturated heterocycles. The van der Waals surface area contributed by atoms with Crippen molar-refractivity contribution in [1.29, 1.82) is 0 Å². The highest BCUT2D eigenvalue weighted by Crippen LogP contribution is 2.31. The molecule has 9 nitrogen and oxygen atoms in total. The summed E-state index contributed by atoms with van der Waals surface area (Å²) < 4.78 is 4.48. The zero-order valence-corrected chi connectivity index (χ0v) is 23.2. The first kappa shape index (κ1) is 29.8. The van der Waals surface area contributed by atoms with Gasteiger partial charge in [-0.1, -0.05) is 55.5 Å². The summed E-state index contributed by atoms with van der Waals surface area (Å²) in [6.07, 6.45) is 5.33. The average molecular weight is 537 g/mol. The van der Waals surface area contributed by atoms with Gasteiger partial charge in [0.05, 0.1) is 20.2 Å². The molecule has 1 heterocycles. The minimum Gasteiger partial charge on any atom is -0.466 e. The Hall–Kier alpha value is -3.72. The van der Waals surface area contributed by atoms with Crippen LogP contribution in [0.15, 0.2) is 54.6 Å². The van der Waals surface area contributed by atoms with Crippen LogP contribution in [0.1, 0.15) is 51.1 Å². The molecule has 2 N–H and O–H groups in total. The molecule has 0 spiro atoms. The van der Waals surface area contributed by atoms with Gasteiger partial charge < -0.3 is 20.3 Å². The van der Waals surface area contributed by atoms with Gasteiger partial charge in [0, 0.05) is 44.2 Å². The Balaban J connectivity index is 1.54. The van der Waals surface area contributed by atoms with E-state index in [9.17, 15) is 19.2 Å². The second-order valence-corrected chi connectivity index (χ2v) is 9.79. The largest absolute Gasteiger partial charge is 0.466 e. The van der Waals surface area contributed by atoms with Crippen molar-refractivity contribution in [2.24, 2.45) is 0 Å². The number of esters is 1. The van der Waals surface area contributed by atoms with Gasteiger partial charge in [-0.25, -0.2) is 4.79 Å². The Morgan fingerprint density at radius 1 is 1.05 bits per heavy atom. The Bertz CT molecular complexity index is 1170. The lowest BCUT2D eigenvalue weighted by Crippen LogP contribution is -2.51. The van der Waals surface area contributed by atoms with Gasteiger partial charge in [0.15, 0.2) is 0 Å². The number of fused-ring (bicyclic) bond motifs is 1. The number of nitrogens with zero attached hydrogens (tertiary/aromatic N) is 2. The second-order valence-electron chi connectivity index (χ2n) is 9.79. The molecular weight excluding hydrogens is 496 g/mol. The number of amides is 3. The minimum atomic E-state index is -0.511. The highest BCUT2D eigenvalue weighted by molar-refractivity contribution is 5.89. The lowest BCUT2D eigenvalue weighted by Gasteiger charge is -2.41. The quantitative estimate of drug-likeness (QED) is 0.319. The summed E-state index contributed by atoms with van der Waals surface area (Å²) in [7, 11) is 1.27. The van der Waals surface area contributed by atoms with Crippen molar-refractivity contribution in [3.63, 3.8) is 0 Å². The molecule has 39 heavy (non-hydrogen) atoms. The Kier molecular flexibility index (Phi) is 11.5. The van der Waals surface area contributed by atoms with Crippen LogP contribution in [0.25, 0.3) is 10.8 Å². The van der Waals surface area contributed by atoms with Gasteiger partial charge in [-0.2, -0.15) is 0 Å². The molecule has 0 saturated carbocycles. The summed E-state index contributed by atoms with van der Waals surface area (Å²) in [5.74, 6) is -1.31. The van der Waals surface area contributed by atoms with Gasteiger partial charge >= 0.3 is 5.97 Å². The number of ether oxygens (including phenoxy) is 1. The van der Waals surface area contributed by atoms with Crippen LogP contribution in [0.2, 0.25) is 0 Å². The van der Waals surface area contributed by atoms with E-state index in [0.717, 1.165) is 25.9 Å². The maximum atomic E-state index is 13.0. The molecule has 2 aromatic rings. The molecule has 9 heteroatoms. The van der Waals surface area contributed by atoms with Crippen molar-refractivity contribution < 1.29 is 23.9 Å². The fourth-order valence-electron chi connectivity index (χ4n) is 5.02. The molecule has 0 bridgehead atoms. The molecule has 0 aromatic heterocycles. The van der Waals surface area contributed by atoms with Crippen LogP contribution in [0.5, 0.6) is 0 Å². The third-order valence-corrected chi connectivity index (χ3v) is 7.18. The number of carbonyl (C=O) groups excluding carboxylic acids is 4. The fraction of sp³-hybridized carbons (Fsp3) is 0.467. The molecule has 1 aliphatic rings. The third kappa shape index (κ3) is 8.64. The Labute approximate surface area is 230 Å². The smallest absolute Gasteiger partial charge is 0.330 e. The van der Waals surface area contributed by atoms with E-state index in [1.165, 1.54) is 35.6 Å². The highest BCUT2D eigenvalue weighted by Gasteiger charge is 2.31. The average Bonchev–Trinajstić information content (AvgIpc) is 2.96. The lowest BCUT2D eigenvalue weighted by atomic mass is 9.95. The third-order valence-electron chi connectivity index (χ3n) is 7.18. The molecule has 3 amide bonds. The van der Waals surface area contributed by atoms with Crippen molar-refractivity contribution in [1.82, 2.24) is 20.4 Å². The first-order chi connectivity index (χ1) is 18.8. The number of carbonyl (C=O) groups is 4. The van der Waals surface area contributed by atoms with Crippen molar-refractivity contribution in [2.75, 3.05) is 39.8 Å². The molecule has 0 radical (unpaired) electrons. The van der Waals surface area contributed by atoms with Gasteiger partial charge in [-0.15, -0.1) is 0 Å². The fourth-order valence-corrected chi connectivity index (χ4v) is 5.02. The Morgan fingerprint density at radius 3 is 2.49 bits per heavy atom. The minimum absolute atomic E-state index is 0.0250. The number of hydrogen-bond acceptors (Lipinski definition) is 6. The molecule has 1 unspecified atom stereocenters. The van der Waals surface area contributed by atoms with Gasteiger partial charge in [-0.05, 0) is 42.5 Å². The number of rotatable bonds is 12. The molecule has 210 valence electrons. The normalized spacial score (nSPS) is 15.2. The van der Waals surface area contributed by atoms with E-state index in [-0.39, 0.29) is 49.4 Å². The van der Waals surface area contributed by atoms with Crippen LogP contribution in [-0.4, -0.2) is 79.4 Å². The highest BCUT2D eigenvalue weighted by atomic mass is 16.5. The lowest BCUT2D eigenvalue weighted by molar-refractivity contribution is -0.139. The zero-order valence-electron chi connectivity index (χ0n) is 23.2. The summed E-state index contributed by atoms with van der Waals surface area (Å²) in [5.41, 5.74) is 1.30. The SMILES string of the molecule is CCCC(=O)N(CC(=O)NCC(=O)NC/C=C/C(=O)OC)C1CCN(C(C)c2cccc3ccccc23)CC1. The van der Waals surface area contributed by atoms with Crippen molar-refractivity contribution in [3.8, 4) is 0 Å². The Morgan fingerprint density at radius 2 is 1.77 bits per heavy atom. The van der Waals surface area contributed by atoms with E-state index in [0.29, 0.717) is 12.8 Å². The van der Waals surface area contributed by atoms with E-state index >= 15 is 0 Å². The zero-order chi connectivity index (χ0) is 28.2. The molecule has 1 aliphatic heterocycles. The summed E-state index contributed by atoms with van der Waals surface area (Å²) in [5, 5.41) is 7.67. The number of piperidine rings is 1. The second kappa shape index (κ2) is 15.0. The van der Waals surface area contributed by atoms with Crippen LogP contribution in [-0.2, 0) is 23.9 Å². The van der Waals surface area contributed by atoms with Gasteiger partial charge in [0.2, 0.25) is 17.7 Å². The van der Waals surface area contributed by atoms with Crippen molar-refractivity contribution in [3.05, 3.63) is 60.2 Å². The van der Waals surface area contributed by atoms with Crippen molar-refractivity contribution >= 4 is 34.5 Å². The summed E-state index contributed by atoms with van der Waals surface area (Å²) in [6.45, 7) is 5.69. The summed E-state index contributed by atoms with van der Waals surface area (Å²) in [6, 6.07) is 15.0.